The largest absolute Gasteiger partial charge is 0.497 e. The first kappa shape index (κ1) is 23.8. The van der Waals surface area contributed by atoms with Gasteiger partial charge >= 0.3 is 0 Å². The maximum atomic E-state index is 6.17. The summed E-state index contributed by atoms with van der Waals surface area (Å²) in [6, 6.07) is 17.0. The van der Waals surface area contributed by atoms with Gasteiger partial charge in [-0.15, -0.1) is 0 Å². The molecule has 0 aromatic heterocycles. The van der Waals surface area contributed by atoms with Gasteiger partial charge in [0.25, 0.3) is 0 Å². The van der Waals surface area contributed by atoms with Crippen molar-refractivity contribution in [3.63, 3.8) is 0 Å². The molecule has 0 bridgehead atoms. The molecule has 5 heteroatoms. The van der Waals surface area contributed by atoms with Crippen molar-refractivity contribution < 1.29 is 18.9 Å². The van der Waals surface area contributed by atoms with E-state index in [0.717, 1.165) is 55.8 Å². The fraction of sp³-hybridized carbons (Fsp3) is 0.500. The minimum absolute atomic E-state index is 0.425. The SMILES string of the molecule is COc1ccc(CC2C(C)=C(C)CCN2CCCC2(c3ccc(OC)cc3)OCCO2)cc1. The second kappa shape index (κ2) is 10.7. The molecule has 1 atom stereocenters. The van der Waals surface area contributed by atoms with Gasteiger partial charge in [0.15, 0.2) is 5.79 Å². The lowest BCUT2D eigenvalue weighted by Crippen LogP contribution is -2.43. The smallest absolute Gasteiger partial charge is 0.195 e. The zero-order valence-electron chi connectivity index (χ0n) is 20.4. The van der Waals surface area contributed by atoms with Gasteiger partial charge in [-0.1, -0.05) is 23.3 Å². The van der Waals surface area contributed by atoms with Crippen molar-refractivity contribution in [1.82, 2.24) is 4.90 Å². The molecule has 0 amide bonds. The molecule has 0 N–H and O–H groups in total. The fourth-order valence-corrected chi connectivity index (χ4v) is 5.03. The van der Waals surface area contributed by atoms with E-state index >= 15 is 0 Å². The van der Waals surface area contributed by atoms with E-state index < -0.39 is 5.79 Å². The summed E-state index contributed by atoms with van der Waals surface area (Å²) in [5, 5.41) is 0. The standard InChI is InChI=1S/C28H37NO4/c1-21-14-17-29(27(22(21)2)20-23-6-10-25(30-3)11-7-23)16-5-15-28(32-18-19-33-28)24-8-12-26(31-4)13-9-24/h6-13,27H,5,14-20H2,1-4H3. The van der Waals surface area contributed by atoms with E-state index in [2.05, 4.69) is 55.1 Å². The van der Waals surface area contributed by atoms with Crippen molar-refractivity contribution in [2.24, 2.45) is 0 Å². The third-order valence-electron chi connectivity index (χ3n) is 7.21. The van der Waals surface area contributed by atoms with Crippen LogP contribution in [-0.4, -0.2) is 51.5 Å². The summed E-state index contributed by atoms with van der Waals surface area (Å²) in [6.45, 7) is 7.98. The molecule has 2 heterocycles. The van der Waals surface area contributed by atoms with E-state index in [4.69, 9.17) is 18.9 Å². The number of nitrogens with zero attached hydrogens (tertiary/aromatic N) is 1. The minimum atomic E-state index is -0.645. The Hall–Kier alpha value is -2.34. The Morgan fingerprint density at radius 3 is 2.12 bits per heavy atom. The summed E-state index contributed by atoms with van der Waals surface area (Å²) in [7, 11) is 3.40. The summed E-state index contributed by atoms with van der Waals surface area (Å²) in [5.74, 6) is 1.11. The van der Waals surface area contributed by atoms with Gasteiger partial charge in [0.2, 0.25) is 0 Å². The second-order valence-electron chi connectivity index (χ2n) is 9.10. The topological polar surface area (TPSA) is 40.2 Å². The zero-order chi connectivity index (χ0) is 23.3. The average molecular weight is 452 g/mol. The molecule has 33 heavy (non-hydrogen) atoms. The Morgan fingerprint density at radius 1 is 0.909 bits per heavy atom. The molecule has 0 saturated carbocycles. The highest BCUT2D eigenvalue weighted by Gasteiger charge is 2.38. The molecule has 5 nitrogen and oxygen atoms in total. The number of hydrogen-bond acceptors (Lipinski definition) is 5. The third kappa shape index (κ3) is 5.43. The lowest BCUT2D eigenvalue weighted by atomic mass is 9.89. The monoisotopic (exact) mass is 451 g/mol. The van der Waals surface area contributed by atoms with Crippen molar-refractivity contribution in [1.29, 1.82) is 0 Å². The van der Waals surface area contributed by atoms with Gasteiger partial charge in [-0.3, -0.25) is 4.90 Å². The summed E-state index contributed by atoms with van der Waals surface area (Å²) in [4.78, 5) is 2.64. The first-order valence-corrected chi connectivity index (χ1v) is 12.0. The van der Waals surface area contributed by atoms with Crippen LogP contribution < -0.4 is 9.47 Å². The number of rotatable bonds is 9. The fourth-order valence-electron chi connectivity index (χ4n) is 5.03. The van der Waals surface area contributed by atoms with E-state index in [1.165, 1.54) is 16.7 Å². The summed E-state index contributed by atoms with van der Waals surface area (Å²) < 4.78 is 23.0. The summed E-state index contributed by atoms with van der Waals surface area (Å²) >= 11 is 0. The van der Waals surface area contributed by atoms with E-state index in [0.29, 0.717) is 19.3 Å². The Labute approximate surface area is 198 Å². The molecule has 4 rings (SSSR count). The predicted molar refractivity (Wildman–Crippen MR) is 131 cm³/mol. The molecule has 0 spiro atoms. The third-order valence-corrected chi connectivity index (χ3v) is 7.21. The lowest BCUT2D eigenvalue weighted by molar-refractivity contribution is -0.172. The molecule has 2 aliphatic rings. The van der Waals surface area contributed by atoms with Crippen LogP contribution in [0.2, 0.25) is 0 Å². The van der Waals surface area contributed by atoms with Crippen molar-refractivity contribution >= 4 is 0 Å². The normalized spacial score (nSPS) is 20.8. The van der Waals surface area contributed by atoms with Gasteiger partial charge in [0, 0.05) is 24.6 Å². The van der Waals surface area contributed by atoms with Gasteiger partial charge in [-0.05, 0) is 81.6 Å². The Bertz CT molecular complexity index is 929. The molecule has 1 unspecified atom stereocenters. The minimum Gasteiger partial charge on any atom is -0.497 e. The van der Waals surface area contributed by atoms with E-state index in [1.807, 2.05) is 12.1 Å². The van der Waals surface area contributed by atoms with Crippen molar-refractivity contribution in [2.75, 3.05) is 40.5 Å². The highest BCUT2D eigenvalue weighted by atomic mass is 16.7. The van der Waals surface area contributed by atoms with Crippen LogP contribution in [0, 0.1) is 0 Å². The van der Waals surface area contributed by atoms with Crippen LogP contribution in [0.25, 0.3) is 0 Å². The lowest BCUT2D eigenvalue weighted by Gasteiger charge is -2.38. The van der Waals surface area contributed by atoms with E-state index in [1.54, 1.807) is 14.2 Å². The molecule has 1 saturated heterocycles. The summed E-state index contributed by atoms with van der Waals surface area (Å²) in [6.07, 6.45) is 4.01. The zero-order valence-corrected chi connectivity index (χ0v) is 20.4. The van der Waals surface area contributed by atoms with Crippen LogP contribution in [-0.2, 0) is 21.7 Å². The maximum Gasteiger partial charge on any atom is 0.195 e. The van der Waals surface area contributed by atoms with Crippen LogP contribution in [0.5, 0.6) is 11.5 Å². The van der Waals surface area contributed by atoms with Crippen LogP contribution in [0.1, 0.15) is 44.2 Å². The summed E-state index contributed by atoms with van der Waals surface area (Å²) in [5.41, 5.74) is 5.45. The average Bonchev–Trinajstić information content (AvgIpc) is 3.34. The van der Waals surface area contributed by atoms with Gasteiger partial charge in [0.1, 0.15) is 11.5 Å². The van der Waals surface area contributed by atoms with Crippen molar-refractivity contribution in [2.45, 2.75) is 51.4 Å². The first-order chi connectivity index (χ1) is 16.0. The highest BCUT2D eigenvalue weighted by molar-refractivity contribution is 5.31. The second-order valence-corrected chi connectivity index (χ2v) is 9.10. The first-order valence-electron chi connectivity index (χ1n) is 12.0. The molecule has 2 aliphatic heterocycles. The van der Waals surface area contributed by atoms with Gasteiger partial charge in [-0.2, -0.15) is 0 Å². The molecular formula is C28H37NO4. The van der Waals surface area contributed by atoms with Gasteiger partial charge < -0.3 is 18.9 Å². The Morgan fingerprint density at radius 2 is 1.52 bits per heavy atom. The molecule has 0 radical (unpaired) electrons. The molecule has 1 fully saturated rings. The number of benzene rings is 2. The molecule has 0 aliphatic carbocycles. The van der Waals surface area contributed by atoms with Crippen molar-refractivity contribution in [3.8, 4) is 11.5 Å². The maximum absolute atomic E-state index is 6.17. The highest BCUT2D eigenvalue weighted by Crippen LogP contribution is 2.37. The molecule has 178 valence electrons. The predicted octanol–water partition coefficient (Wildman–Crippen LogP) is 5.34. The van der Waals surface area contributed by atoms with Crippen LogP contribution in [0.15, 0.2) is 59.7 Å². The number of hydrogen-bond donors (Lipinski definition) is 0. The number of methoxy groups -OCH3 is 2. The quantitative estimate of drug-likeness (QED) is 0.482. The Balaban J connectivity index is 1.43. The Kier molecular flexibility index (Phi) is 7.74. The molecular weight excluding hydrogens is 414 g/mol. The van der Waals surface area contributed by atoms with Crippen LogP contribution >= 0.6 is 0 Å². The van der Waals surface area contributed by atoms with Crippen molar-refractivity contribution in [3.05, 3.63) is 70.8 Å². The van der Waals surface area contributed by atoms with E-state index in [9.17, 15) is 0 Å². The van der Waals surface area contributed by atoms with Gasteiger partial charge in [0.05, 0.1) is 27.4 Å². The van der Waals surface area contributed by atoms with Crippen LogP contribution in [0.3, 0.4) is 0 Å². The van der Waals surface area contributed by atoms with Crippen LogP contribution in [0.4, 0.5) is 0 Å². The molecule has 2 aromatic carbocycles. The van der Waals surface area contributed by atoms with E-state index in [-0.39, 0.29) is 0 Å². The number of ether oxygens (including phenoxy) is 4. The van der Waals surface area contributed by atoms with Gasteiger partial charge in [-0.25, -0.2) is 0 Å². The molecule has 2 aromatic rings.